The van der Waals surface area contributed by atoms with E-state index in [1.165, 1.54) is 7.11 Å². The van der Waals surface area contributed by atoms with Crippen molar-refractivity contribution < 1.29 is 33.6 Å². The second-order valence-electron chi connectivity index (χ2n) is 10.8. The normalized spacial score (nSPS) is 18.5. The molecular formula is C30H44N2O7S. The number of hydrogen-bond donors (Lipinski definition) is 6. The van der Waals surface area contributed by atoms with Gasteiger partial charge in [0.15, 0.2) is 0 Å². The van der Waals surface area contributed by atoms with Gasteiger partial charge in [0.2, 0.25) is 0 Å². The molecule has 0 aliphatic carbocycles. The summed E-state index contributed by atoms with van der Waals surface area (Å²) >= 11 is 0. The lowest BCUT2D eigenvalue weighted by atomic mass is 9.86. The number of carboxylic acid groups (broad SMARTS) is 2. The number of carboxylic acids is 2. The minimum absolute atomic E-state index is 0.109. The summed E-state index contributed by atoms with van der Waals surface area (Å²) < 4.78 is 29.3. The summed E-state index contributed by atoms with van der Waals surface area (Å²) in [6.45, 7) is 4.38. The SMILES string of the molecule is CCCCC1(CCCC)CS(O)(O)c2cc(CNC(CC(=O)O)CC(=O)O)c(OC)cc2C(c2ccccc2)N1. The third-order valence-corrected chi connectivity index (χ3v) is 9.59. The fraction of sp³-hybridized carbons (Fsp3) is 0.533. The molecule has 222 valence electrons. The van der Waals surface area contributed by atoms with Gasteiger partial charge in [-0.15, -0.1) is 0 Å². The van der Waals surface area contributed by atoms with E-state index in [0.29, 0.717) is 16.2 Å². The van der Waals surface area contributed by atoms with Crippen LogP contribution in [-0.4, -0.2) is 55.7 Å². The minimum atomic E-state index is -3.25. The molecule has 1 aliphatic rings. The average molecular weight is 577 g/mol. The van der Waals surface area contributed by atoms with Crippen molar-refractivity contribution in [2.45, 2.75) is 94.3 Å². The van der Waals surface area contributed by atoms with Gasteiger partial charge in [-0.1, -0.05) is 69.9 Å². The summed E-state index contributed by atoms with van der Waals surface area (Å²) in [7, 11) is -1.71. The van der Waals surface area contributed by atoms with Crippen molar-refractivity contribution in [2.24, 2.45) is 0 Å². The first-order valence-corrected chi connectivity index (χ1v) is 15.7. The van der Waals surface area contributed by atoms with Crippen molar-refractivity contribution in [1.29, 1.82) is 0 Å². The number of rotatable bonds is 15. The summed E-state index contributed by atoms with van der Waals surface area (Å²) in [6.07, 6.45) is 4.82. The predicted molar refractivity (Wildman–Crippen MR) is 157 cm³/mol. The molecule has 0 bridgehead atoms. The van der Waals surface area contributed by atoms with E-state index in [9.17, 15) is 28.9 Å². The second-order valence-corrected chi connectivity index (χ2v) is 12.8. The highest BCUT2D eigenvalue weighted by Gasteiger charge is 2.43. The Kier molecular flexibility index (Phi) is 11.4. The van der Waals surface area contributed by atoms with E-state index in [1.54, 1.807) is 6.07 Å². The molecule has 1 aliphatic heterocycles. The Morgan fingerprint density at radius 3 is 2.17 bits per heavy atom. The molecule has 1 atom stereocenters. The smallest absolute Gasteiger partial charge is 0.304 e. The lowest BCUT2D eigenvalue weighted by Crippen LogP contribution is -2.50. The molecule has 1 heterocycles. The molecule has 2 aromatic rings. The molecule has 40 heavy (non-hydrogen) atoms. The number of hydrogen-bond acceptors (Lipinski definition) is 7. The molecule has 10 heteroatoms. The molecule has 3 rings (SSSR count). The Labute approximate surface area is 238 Å². The van der Waals surface area contributed by atoms with Crippen molar-refractivity contribution in [3.05, 3.63) is 59.2 Å². The number of methoxy groups -OCH3 is 1. The number of ether oxygens (including phenoxy) is 1. The molecule has 0 spiro atoms. The highest BCUT2D eigenvalue weighted by molar-refractivity contribution is 8.24. The van der Waals surface area contributed by atoms with Crippen molar-refractivity contribution in [2.75, 3.05) is 12.9 Å². The molecule has 0 radical (unpaired) electrons. The molecule has 6 N–H and O–H groups in total. The molecule has 9 nitrogen and oxygen atoms in total. The highest BCUT2D eigenvalue weighted by Crippen LogP contribution is 2.58. The van der Waals surface area contributed by atoms with E-state index in [4.69, 9.17) is 4.74 Å². The van der Waals surface area contributed by atoms with E-state index in [-0.39, 0.29) is 31.2 Å². The Balaban J connectivity index is 2.12. The van der Waals surface area contributed by atoms with Crippen LogP contribution in [0.2, 0.25) is 0 Å². The number of aliphatic carboxylic acids is 2. The van der Waals surface area contributed by atoms with Crippen LogP contribution in [0.25, 0.3) is 0 Å². The van der Waals surface area contributed by atoms with Gasteiger partial charge in [-0.25, -0.2) is 0 Å². The van der Waals surface area contributed by atoms with E-state index in [0.717, 1.165) is 49.7 Å². The fourth-order valence-electron chi connectivity index (χ4n) is 5.59. The number of carbonyl (C=O) groups is 2. The van der Waals surface area contributed by atoms with Crippen LogP contribution in [0.15, 0.2) is 47.4 Å². The number of unbranched alkanes of at least 4 members (excludes halogenated alkanes) is 2. The van der Waals surface area contributed by atoms with Gasteiger partial charge in [-0.3, -0.25) is 24.0 Å². The molecule has 1 unspecified atom stereocenters. The quantitative estimate of drug-likeness (QED) is 0.150. The Bertz CT molecular complexity index is 1120. The van der Waals surface area contributed by atoms with Crippen molar-refractivity contribution >= 4 is 22.5 Å². The molecule has 0 fully saturated rings. The summed E-state index contributed by atoms with van der Waals surface area (Å²) in [5.74, 6) is -1.51. The van der Waals surface area contributed by atoms with Gasteiger partial charge in [0.1, 0.15) is 5.75 Å². The molecule has 0 amide bonds. The topological polar surface area (TPSA) is 148 Å². The van der Waals surface area contributed by atoms with Crippen molar-refractivity contribution in [3.8, 4) is 5.75 Å². The Morgan fingerprint density at radius 2 is 1.65 bits per heavy atom. The maximum Gasteiger partial charge on any atom is 0.304 e. The van der Waals surface area contributed by atoms with Gasteiger partial charge in [0.05, 0.1) is 36.6 Å². The highest BCUT2D eigenvalue weighted by atomic mass is 32.3. The van der Waals surface area contributed by atoms with E-state index in [2.05, 4.69) is 24.5 Å². The maximum absolute atomic E-state index is 11.8. The summed E-state index contributed by atoms with van der Waals surface area (Å²) in [4.78, 5) is 23.0. The lowest BCUT2D eigenvalue weighted by molar-refractivity contribution is -0.139. The van der Waals surface area contributed by atoms with Crippen LogP contribution in [0.3, 0.4) is 0 Å². The average Bonchev–Trinajstić information content (AvgIpc) is 3.00. The maximum atomic E-state index is 11.8. The van der Waals surface area contributed by atoms with Gasteiger partial charge in [0, 0.05) is 29.3 Å². The first-order valence-electron chi connectivity index (χ1n) is 14.0. The monoisotopic (exact) mass is 576 g/mol. The zero-order valence-electron chi connectivity index (χ0n) is 23.7. The third-order valence-electron chi connectivity index (χ3n) is 7.58. The minimum Gasteiger partial charge on any atom is -0.496 e. The van der Waals surface area contributed by atoms with Crippen LogP contribution < -0.4 is 15.4 Å². The standard InChI is InChI=1S/C30H44N2O7S/c1-4-6-13-30(14-7-5-2)20-40(37,38)26-15-22(19-31-23(16-27(33)34)17-28(35)36)25(39-3)18-24(26)29(32-30)21-11-9-8-10-12-21/h8-12,15,18,23,29,31-32,37-38H,4-7,13-14,16-17,19-20H2,1-3H3,(H,33,34)(H,35,36). The zero-order chi connectivity index (χ0) is 29.3. The zero-order valence-corrected chi connectivity index (χ0v) is 24.5. The third kappa shape index (κ3) is 8.20. The van der Waals surface area contributed by atoms with Gasteiger partial charge in [-0.2, -0.15) is 10.6 Å². The molecule has 2 aromatic carbocycles. The Morgan fingerprint density at radius 1 is 1.05 bits per heavy atom. The van der Waals surface area contributed by atoms with Crippen LogP contribution in [-0.2, 0) is 16.1 Å². The van der Waals surface area contributed by atoms with Crippen LogP contribution in [0.4, 0.5) is 0 Å². The molecule has 0 saturated heterocycles. The number of nitrogens with one attached hydrogen (secondary N) is 2. The largest absolute Gasteiger partial charge is 0.496 e. The van der Waals surface area contributed by atoms with Crippen LogP contribution in [0.5, 0.6) is 5.75 Å². The number of fused-ring (bicyclic) bond motifs is 1. The van der Waals surface area contributed by atoms with E-state index < -0.39 is 34.1 Å². The predicted octanol–water partition coefficient (Wildman–Crippen LogP) is 6.02. The summed E-state index contributed by atoms with van der Waals surface area (Å²) in [5, 5.41) is 25.4. The lowest BCUT2D eigenvalue weighted by Gasteiger charge is -2.42. The molecule has 0 saturated carbocycles. The summed E-state index contributed by atoms with van der Waals surface area (Å²) in [6, 6.07) is 12.4. The van der Waals surface area contributed by atoms with Gasteiger partial charge < -0.3 is 20.3 Å². The van der Waals surface area contributed by atoms with Crippen LogP contribution in [0.1, 0.15) is 87.9 Å². The van der Waals surface area contributed by atoms with Gasteiger partial charge >= 0.3 is 11.9 Å². The van der Waals surface area contributed by atoms with Crippen LogP contribution in [0, 0.1) is 0 Å². The van der Waals surface area contributed by atoms with E-state index in [1.807, 2.05) is 36.4 Å². The molecular weight excluding hydrogens is 532 g/mol. The van der Waals surface area contributed by atoms with Crippen LogP contribution >= 0.6 is 10.6 Å². The summed E-state index contributed by atoms with van der Waals surface area (Å²) in [5.41, 5.74) is 1.86. The fourth-order valence-corrected chi connectivity index (χ4v) is 7.77. The van der Waals surface area contributed by atoms with Crippen molar-refractivity contribution in [3.63, 3.8) is 0 Å². The second kappa shape index (κ2) is 14.3. The van der Waals surface area contributed by atoms with Crippen molar-refractivity contribution in [1.82, 2.24) is 10.6 Å². The van der Waals surface area contributed by atoms with Gasteiger partial charge in [0.25, 0.3) is 0 Å². The first-order chi connectivity index (χ1) is 19.0. The first kappa shape index (κ1) is 31.9. The van der Waals surface area contributed by atoms with Gasteiger partial charge in [-0.05, 0) is 30.5 Å². The molecule has 0 aromatic heterocycles. The Hall–Kier alpha value is -2.63. The number of benzene rings is 2. The van der Waals surface area contributed by atoms with E-state index >= 15 is 0 Å².